The number of nitrogens with one attached hydrogen (secondary N) is 2. The van der Waals surface area contributed by atoms with Crippen LogP contribution in [0.1, 0.15) is 53.4 Å². The number of carbonyl (C=O) groups excluding carboxylic acids is 2. The summed E-state index contributed by atoms with van der Waals surface area (Å²) in [6.45, 7) is 9.13. The summed E-state index contributed by atoms with van der Waals surface area (Å²) < 4.78 is 32.7. The zero-order chi connectivity index (χ0) is 24.6. The molecule has 1 fully saturated rings. The van der Waals surface area contributed by atoms with Crippen LogP contribution in [0.5, 0.6) is 5.75 Å². The monoisotopic (exact) mass is 481 g/mol. The highest BCUT2D eigenvalue weighted by atomic mass is 32.2. The number of nitrogens with zero attached hydrogens (tertiary/aromatic N) is 1. The number of piperidine rings is 1. The van der Waals surface area contributed by atoms with E-state index in [0.717, 1.165) is 12.8 Å². The molecule has 2 amide bonds. The molecule has 2 rings (SSSR count). The van der Waals surface area contributed by atoms with Crippen LogP contribution in [0, 0.1) is 17.8 Å². The molecule has 8 nitrogen and oxygen atoms in total. The molecule has 33 heavy (non-hydrogen) atoms. The highest BCUT2D eigenvalue weighted by Crippen LogP contribution is 2.25. The van der Waals surface area contributed by atoms with Gasteiger partial charge in [-0.05, 0) is 55.4 Å². The van der Waals surface area contributed by atoms with Gasteiger partial charge in [-0.15, -0.1) is 0 Å². The third-order valence-electron chi connectivity index (χ3n) is 6.27. The van der Waals surface area contributed by atoms with Crippen molar-refractivity contribution in [3.63, 3.8) is 0 Å². The summed E-state index contributed by atoms with van der Waals surface area (Å²) in [5.41, 5.74) is 0. The average molecular weight is 482 g/mol. The molecule has 0 saturated carbocycles. The maximum Gasteiger partial charge on any atom is 0.243 e. The van der Waals surface area contributed by atoms with Crippen molar-refractivity contribution in [2.75, 3.05) is 26.7 Å². The Balaban J connectivity index is 2.07. The van der Waals surface area contributed by atoms with Crippen molar-refractivity contribution in [3.8, 4) is 5.75 Å². The molecule has 9 heteroatoms. The van der Waals surface area contributed by atoms with E-state index >= 15 is 0 Å². The topological polar surface area (TPSA) is 105 Å². The fourth-order valence-corrected chi connectivity index (χ4v) is 5.36. The summed E-state index contributed by atoms with van der Waals surface area (Å²) in [6, 6.07) is 5.60. The van der Waals surface area contributed by atoms with Crippen LogP contribution in [0.2, 0.25) is 0 Å². The van der Waals surface area contributed by atoms with Gasteiger partial charge in [0.1, 0.15) is 11.8 Å². The molecule has 0 aromatic heterocycles. The number of benzene rings is 1. The Morgan fingerprint density at radius 2 is 1.85 bits per heavy atom. The van der Waals surface area contributed by atoms with Crippen molar-refractivity contribution in [1.29, 1.82) is 0 Å². The fraction of sp³-hybridized carbons (Fsp3) is 0.667. The zero-order valence-electron chi connectivity index (χ0n) is 20.5. The Hall–Kier alpha value is -2.13. The van der Waals surface area contributed by atoms with Gasteiger partial charge in [0, 0.05) is 19.6 Å². The van der Waals surface area contributed by atoms with Gasteiger partial charge < -0.3 is 15.4 Å². The molecule has 1 aromatic rings. The van der Waals surface area contributed by atoms with Gasteiger partial charge in [0.25, 0.3) is 0 Å². The second-order valence-electron chi connectivity index (χ2n) is 9.22. The predicted octanol–water partition coefficient (Wildman–Crippen LogP) is 2.79. The van der Waals surface area contributed by atoms with Crippen molar-refractivity contribution in [1.82, 2.24) is 14.9 Å². The van der Waals surface area contributed by atoms with Crippen LogP contribution >= 0.6 is 0 Å². The van der Waals surface area contributed by atoms with E-state index < -0.39 is 22.0 Å². The molecule has 0 spiro atoms. The molecular formula is C24H39N3O5S. The predicted molar refractivity (Wildman–Crippen MR) is 128 cm³/mol. The molecule has 0 unspecified atom stereocenters. The van der Waals surface area contributed by atoms with Crippen molar-refractivity contribution < 1.29 is 22.7 Å². The minimum Gasteiger partial charge on any atom is -0.497 e. The molecule has 0 radical (unpaired) electrons. The second kappa shape index (κ2) is 12.4. The Bertz CT molecular complexity index is 886. The van der Waals surface area contributed by atoms with Gasteiger partial charge in [-0.2, -0.15) is 4.31 Å². The van der Waals surface area contributed by atoms with E-state index in [-0.39, 0.29) is 29.2 Å². The van der Waals surface area contributed by atoms with Gasteiger partial charge in [0.2, 0.25) is 21.8 Å². The lowest BCUT2D eigenvalue weighted by Crippen LogP contribution is -2.54. The van der Waals surface area contributed by atoms with Crippen LogP contribution in [-0.4, -0.2) is 57.3 Å². The molecule has 186 valence electrons. The zero-order valence-corrected chi connectivity index (χ0v) is 21.3. The molecule has 1 aliphatic heterocycles. The van der Waals surface area contributed by atoms with E-state index in [0.29, 0.717) is 37.6 Å². The maximum absolute atomic E-state index is 13.1. The van der Waals surface area contributed by atoms with Crippen LogP contribution in [-0.2, 0) is 19.6 Å². The smallest absolute Gasteiger partial charge is 0.243 e. The van der Waals surface area contributed by atoms with Gasteiger partial charge in [0.05, 0.1) is 17.9 Å². The molecule has 1 saturated heterocycles. The Kier molecular flexibility index (Phi) is 10.2. The van der Waals surface area contributed by atoms with Crippen LogP contribution in [0.25, 0.3) is 0 Å². The van der Waals surface area contributed by atoms with Gasteiger partial charge in [-0.3, -0.25) is 9.59 Å². The number of ether oxygens (including phenoxy) is 1. The van der Waals surface area contributed by atoms with E-state index in [2.05, 4.69) is 24.5 Å². The largest absolute Gasteiger partial charge is 0.497 e. The number of hydrogen-bond donors (Lipinski definition) is 2. The van der Waals surface area contributed by atoms with E-state index in [9.17, 15) is 18.0 Å². The molecule has 0 bridgehead atoms. The van der Waals surface area contributed by atoms with E-state index in [1.165, 1.54) is 23.5 Å². The quantitative estimate of drug-likeness (QED) is 0.506. The number of rotatable bonds is 11. The van der Waals surface area contributed by atoms with E-state index in [1.807, 2.05) is 13.8 Å². The lowest BCUT2D eigenvalue weighted by Gasteiger charge is -2.33. The first-order valence-corrected chi connectivity index (χ1v) is 13.3. The van der Waals surface area contributed by atoms with E-state index in [4.69, 9.17) is 4.74 Å². The minimum absolute atomic E-state index is 0.0317. The lowest BCUT2D eigenvalue weighted by atomic mass is 9.94. The van der Waals surface area contributed by atoms with Gasteiger partial charge in [-0.25, -0.2) is 8.42 Å². The highest BCUT2D eigenvalue weighted by molar-refractivity contribution is 7.89. The average Bonchev–Trinajstić information content (AvgIpc) is 2.81. The summed E-state index contributed by atoms with van der Waals surface area (Å²) >= 11 is 0. The number of methoxy groups -OCH3 is 1. The first kappa shape index (κ1) is 27.1. The summed E-state index contributed by atoms with van der Waals surface area (Å²) in [5.74, 6) is 0.0683. The molecule has 2 N–H and O–H groups in total. The Morgan fingerprint density at radius 1 is 1.18 bits per heavy atom. The normalized spacial score (nSPS) is 19.0. The number of hydrogen-bond acceptors (Lipinski definition) is 5. The second-order valence-corrected chi connectivity index (χ2v) is 11.2. The molecule has 1 aliphatic rings. The van der Waals surface area contributed by atoms with Crippen LogP contribution < -0.4 is 15.4 Å². The molecule has 1 heterocycles. The van der Waals surface area contributed by atoms with Gasteiger partial charge in [0.15, 0.2) is 0 Å². The number of amides is 2. The Labute approximate surface area is 198 Å². The van der Waals surface area contributed by atoms with Crippen LogP contribution in [0.3, 0.4) is 0 Å². The first-order chi connectivity index (χ1) is 15.6. The standard InChI is InChI=1S/C24H39N3O5S/c1-6-18(4)22(24(29)25-14-13-17(2)3)26-23(28)19-8-7-15-27(16-19)33(30,31)21-11-9-20(32-5)10-12-21/h9-12,17-19,22H,6-8,13-16H2,1-5H3,(H,25,29)(H,26,28)/t18-,19-,22-/m0/s1. The third-order valence-corrected chi connectivity index (χ3v) is 8.15. The molecule has 3 atom stereocenters. The SMILES string of the molecule is CC[C@H](C)[C@H](NC(=O)[C@H]1CCCN(S(=O)(=O)c2ccc(OC)cc2)C1)C(=O)NCCC(C)C. The van der Waals surface area contributed by atoms with E-state index in [1.54, 1.807) is 12.1 Å². The Morgan fingerprint density at radius 3 is 2.42 bits per heavy atom. The number of carbonyl (C=O) groups is 2. The maximum atomic E-state index is 13.1. The summed E-state index contributed by atoms with van der Waals surface area (Å²) in [7, 11) is -2.20. The summed E-state index contributed by atoms with van der Waals surface area (Å²) in [5, 5.41) is 5.84. The van der Waals surface area contributed by atoms with Crippen molar-refractivity contribution >= 4 is 21.8 Å². The van der Waals surface area contributed by atoms with Crippen LogP contribution in [0.4, 0.5) is 0 Å². The first-order valence-electron chi connectivity index (χ1n) is 11.8. The van der Waals surface area contributed by atoms with Crippen molar-refractivity contribution in [2.45, 2.75) is 64.3 Å². The molecular weight excluding hydrogens is 442 g/mol. The van der Waals surface area contributed by atoms with Gasteiger partial charge >= 0.3 is 0 Å². The molecule has 1 aromatic carbocycles. The van der Waals surface area contributed by atoms with Crippen molar-refractivity contribution in [2.24, 2.45) is 17.8 Å². The van der Waals surface area contributed by atoms with Crippen molar-refractivity contribution in [3.05, 3.63) is 24.3 Å². The van der Waals surface area contributed by atoms with Crippen LogP contribution in [0.15, 0.2) is 29.2 Å². The highest BCUT2D eigenvalue weighted by Gasteiger charge is 2.35. The summed E-state index contributed by atoms with van der Waals surface area (Å²) in [4.78, 5) is 26.0. The van der Waals surface area contributed by atoms with Gasteiger partial charge in [-0.1, -0.05) is 34.1 Å². The minimum atomic E-state index is -3.72. The third kappa shape index (κ3) is 7.43. The molecule has 0 aliphatic carbocycles. The summed E-state index contributed by atoms with van der Waals surface area (Å²) in [6.07, 6.45) is 2.78. The number of sulfonamides is 1. The lowest BCUT2D eigenvalue weighted by molar-refractivity contribution is -0.133. The fourth-order valence-electron chi connectivity index (χ4n) is 3.84.